The Morgan fingerprint density at radius 3 is 2.36 bits per heavy atom. The standard InChI is InChI=1S/C9H9F3N.Y/c1-6-4-13(3)5-8(7(6)2)9(10,11)12;/h4H,2H2,1,3H3;/q-1;. The van der Waals surface area contributed by atoms with Crippen molar-refractivity contribution in [1.82, 2.24) is 4.90 Å². The second-order valence-corrected chi connectivity index (χ2v) is 2.89. The van der Waals surface area contributed by atoms with Crippen LogP contribution in [0.5, 0.6) is 0 Å². The molecule has 5 heteroatoms. The van der Waals surface area contributed by atoms with Crippen molar-refractivity contribution in [3.8, 4) is 0 Å². The Labute approximate surface area is 106 Å². The summed E-state index contributed by atoms with van der Waals surface area (Å²) >= 11 is 0. The van der Waals surface area contributed by atoms with Crippen molar-refractivity contribution < 1.29 is 45.9 Å². The molecule has 1 radical (unpaired) electrons. The first kappa shape index (κ1) is 13.9. The van der Waals surface area contributed by atoms with Gasteiger partial charge in [-0.2, -0.15) is 13.2 Å². The van der Waals surface area contributed by atoms with Gasteiger partial charge < -0.3 is 4.90 Å². The fourth-order valence-electron chi connectivity index (χ4n) is 1.08. The minimum Gasteiger partial charge on any atom is -0.463 e. The van der Waals surface area contributed by atoms with Gasteiger partial charge in [0.15, 0.2) is 0 Å². The summed E-state index contributed by atoms with van der Waals surface area (Å²) in [6.07, 6.45) is -0.635. The second kappa shape index (κ2) is 4.62. The molecule has 0 aliphatic carbocycles. The molecular formula is C9H9F3NY-. The predicted octanol–water partition coefficient (Wildman–Crippen LogP) is 2.64. The number of rotatable bonds is 0. The molecule has 1 heterocycles. The van der Waals surface area contributed by atoms with Crippen molar-refractivity contribution in [2.24, 2.45) is 0 Å². The summed E-state index contributed by atoms with van der Waals surface area (Å²) in [4.78, 5) is 1.26. The third kappa shape index (κ3) is 2.96. The molecule has 14 heavy (non-hydrogen) atoms. The number of nitrogens with zero attached hydrogens (tertiary/aromatic N) is 1. The number of hydrogen-bond donors (Lipinski definition) is 0. The smallest absolute Gasteiger partial charge is 0.396 e. The van der Waals surface area contributed by atoms with E-state index in [2.05, 4.69) is 12.8 Å². The minimum absolute atomic E-state index is 0. The molecular weight excluding hydrogens is 268 g/mol. The Kier molecular flexibility index (Phi) is 4.59. The van der Waals surface area contributed by atoms with Gasteiger partial charge in [0.05, 0.1) is 0 Å². The van der Waals surface area contributed by atoms with Gasteiger partial charge in [0.2, 0.25) is 0 Å². The molecule has 0 aromatic heterocycles. The summed E-state index contributed by atoms with van der Waals surface area (Å²) in [5, 5.41) is 0. The van der Waals surface area contributed by atoms with E-state index in [9.17, 15) is 13.2 Å². The predicted molar refractivity (Wildman–Crippen MR) is 43.5 cm³/mol. The molecule has 1 aliphatic heterocycles. The maximum absolute atomic E-state index is 12.3. The van der Waals surface area contributed by atoms with Crippen LogP contribution in [0.4, 0.5) is 13.2 Å². The van der Waals surface area contributed by atoms with Crippen LogP contribution in [-0.2, 0) is 32.7 Å². The van der Waals surface area contributed by atoms with Gasteiger partial charge in [0, 0.05) is 32.7 Å². The Morgan fingerprint density at radius 1 is 1.43 bits per heavy atom. The molecule has 0 N–H and O–H groups in total. The Balaban J connectivity index is 0.00000169. The van der Waals surface area contributed by atoms with Crippen molar-refractivity contribution in [1.29, 1.82) is 0 Å². The van der Waals surface area contributed by atoms with Crippen LogP contribution in [0, 0.1) is 6.20 Å². The van der Waals surface area contributed by atoms with E-state index in [-0.39, 0.29) is 38.3 Å². The van der Waals surface area contributed by atoms with Gasteiger partial charge in [-0.05, 0) is 12.6 Å². The summed E-state index contributed by atoms with van der Waals surface area (Å²) < 4.78 is 37.0. The van der Waals surface area contributed by atoms with E-state index in [0.717, 1.165) is 0 Å². The Bertz CT molecular complexity index is 302. The number of alkyl halides is 3. The van der Waals surface area contributed by atoms with E-state index in [4.69, 9.17) is 0 Å². The molecule has 0 spiro atoms. The average Bonchev–Trinajstić information content (AvgIpc) is 1.94. The third-order valence-electron chi connectivity index (χ3n) is 1.74. The van der Waals surface area contributed by atoms with E-state index >= 15 is 0 Å². The van der Waals surface area contributed by atoms with Gasteiger partial charge in [0.1, 0.15) is 0 Å². The van der Waals surface area contributed by atoms with E-state index in [1.165, 1.54) is 11.9 Å². The normalized spacial score (nSPS) is 17.2. The van der Waals surface area contributed by atoms with Gasteiger partial charge in [-0.3, -0.25) is 0 Å². The quantitative estimate of drug-likeness (QED) is 0.615. The Hall–Kier alpha value is -0.0861. The SMILES string of the molecule is C=C1C(C(F)(F)F)=[C-]N(C)C=C1C.[Y]. The van der Waals surface area contributed by atoms with Crippen LogP contribution in [0.2, 0.25) is 0 Å². The van der Waals surface area contributed by atoms with Gasteiger partial charge in [-0.15, -0.1) is 23.9 Å². The van der Waals surface area contributed by atoms with Crippen molar-refractivity contribution in [2.75, 3.05) is 7.05 Å². The van der Waals surface area contributed by atoms with E-state index in [0.29, 0.717) is 5.57 Å². The van der Waals surface area contributed by atoms with Gasteiger partial charge in [-0.1, -0.05) is 13.1 Å². The van der Waals surface area contributed by atoms with Gasteiger partial charge >= 0.3 is 6.18 Å². The first-order valence-electron chi connectivity index (χ1n) is 3.64. The van der Waals surface area contributed by atoms with Crippen LogP contribution in [0.25, 0.3) is 0 Å². The maximum atomic E-state index is 12.3. The van der Waals surface area contributed by atoms with Crippen molar-refractivity contribution in [2.45, 2.75) is 13.1 Å². The van der Waals surface area contributed by atoms with Crippen molar-refractivity contribution in [3.05, 3.63) is 35.7 Å². The topological polar surface area (TPSA) is 3.24 Å². The second-order valence-electron chi connectivity index (χ2n) is 2.89. The van der Waals surface area contributed by atoms with Crippen LogP contribution >= 0.6 is 0 Å². The molecule has 0 saturated heterocycles. The van der Waals surface area contributed by atoms with Crippen molar-refractivity contribution >= 4 is 0 Å². The zero-order chi connectivity index (χ0) is 10.2. The third-order valence-corrected chi connectivity index (χ3v) is 1.74. The Morgan fingerprint density at radius 2 is 1.93 bits per heavy atom. The summed E-state index contributed by atoms with van der Waals surface area (Å²) in [6, 6.07) is 0. The maximum Gasteiger partial charge on any atom is 0.396 e. The van der Waals surface area contributed by atoms with Crippen LogP contribution in [0.3, 0.4) is 0 Å². The van der Waals surface area contributed by atoms with Crippen LogP contribution in [0.1, 0.15) is 6.92 Å². The molecule has 1 nitrogen and oxygen atoms in total. The van der Waals surface area contributed by atoms with Crippen molar-refractivity contribution in [3.63, 3.8) is 0 Å². The molecule has 0 unspecified atom stereocenters. The molecule has 0 aromatic carbocycles. The zero-order valence-electron chi connectivity index (χ0n) is 7.94. The first-order valence-corrected chi connectivity index (χ1v) is 3.64. The van der Waals surface area contributed by atoms with E-state index in [1.807, 2.05) is 0 Å². The van der Waals surface area contributed by atoms with Gasteiger partial charge in [-0.25, -0.2) is 0 Å². The van der Waals surface area contributed by atoms with Crippen LogP contribution in [0.15, 0.2) is 29.5 Å². The zero-order valence-corrected chi connectivity index (χ0v) is 10.8. The van der Waals surface area contributed by atoms with Crippen LogP contribution < -0.4 is 0 Å². The summed E-state index contributed by atoms with van der Waals surface area (Å²) in [5.74, 6) is 0. The molecule has 0 amide bonds. The summed E-state index contributed by atoms with van der Waals surface area (Å²) in [5.41, 5.74) is -0.297. The molecule has 0 atom stereocenters. The fourth-order valence-corrected chi connectivity index (χ4v) is 1.08. The molecule has 1 rings (SSSR count). The number of hydrogen-bond acceptors (Lipinski definition) is 1. The molecule has 75 valence electrons. The van der Waals surface area contributed by atoms with E-state index in [1.54, 1.807) is 13.1 Å². The minimum atomic E-state index is -4.37. The largest absolute Gasteiger partial charge is 0.463 e. The van der Waals surface area contributed by atoms with Gasteiger partial charge in [0.25, 0.3) is 0 Å². The average molecular weight is 277 g/mol. The first-order chi connectivity index (χ1) is 5.82. The summed E-state index contributed by atoms with van der Waals surface area (Å²) in [6.45, 7) is 4.95. The number of halogens is 3. The summed E-state index contributed by atoms with van der Waals surface area (Å²) in [7, 11) is 1.50. The monoisotopic (exact) mass is 277 g/mol. The molecule has 0 bridgehead atoms. The van der Waals surface area contributed by atoms with Crippen LogP contribution in [-0.4, -0.2) is 18.1 Å². The number of allylic oxidation sites excluding steroid dienone is 3. The molecule has 0 saturated carbocycles. The fraction of sp³-hybridized carbons (Fsp3) is 0.333. The molecule has 1 aliphatic rings. The molecule has 0 fully saturated rings. The molecule has 0 aromatic rings. The van der Waals surface area contributed by atoms with E-state index < -0.39 is 11.7 Å².